The van der Waals surface area contributed by atoms with Crippen LogP contribution in [0.4, 0.5) is 4.39 Å². The Balaban J connectivity index is 1.98. The first kappa shape index (κ1) is 13.0. The molecule has 1 saturated carbocycles. The predicted molar refractivity (Wildman–Crippen MR) is 79.2 cm³/mol. The summed E-state index contributed by atoms with van der Waals surface area (Å²) in [4.78, 5) is 13.8. The monoisotopic (exact) mass is 338 g/mol. The van der Waals surface area contributed by atoms with Crippen LogP contribution >= 0.6 is 27.3 Å². The van der Waals surface area contributed by atoms with Gasteiger partial charge in [-0.3, -0.25) is 4.79 Å². The number of thiophene rings is 1. The lowest BCUT2D eigenvalue weighted by Crippen LogP contribution is -1.96. The van der Waals surface area contributed by atoms with Crippen LogP contribution in [0.15, 0.2) is 28.7 Å². The summed E-state index contributed by atoms with van der Waals surface area (Å²) >= 11 is 4.71. The van der Waals surface area contributed by atoms with Gasteiger partial charge >= 0.3 is 0 Å². The number of hydrogen-bond acceptors (Lipinski definition) is 2. The first-order valence-electron chi connectivity index (χ1n) is 6.16. The standard InChI is InChI=1S/C15H12BrFOS/c1-8-6-12(17)11(16)7-10(8)13-4-5-14(19-13)15(18)9-2-3-9/h4-7,9H,2-3H2,1H3. The molecule has 1 heterocycles. The Labute approximate surface area is 123 Å². The molecule has 0 spiro atoms. The van der Waals surface area contributed by atoms with Gasteiger partial charge in [-0.2, -0.15) is 0 Å². The van der Waals surface area contributed by atoms with E-state index >= 15 is 0 Å². The van der Waals surface area contributed by atoms with Crippen molar-refractivity contribution in [3.8, 4) is 10.4 Å². The minimum absolute atomic E-state index is 0.243. The van der Waals surface area contributed by atoms with Crippen molar-refractivity contribution in [1.29, 1.82) is 0 Å². The van der Waals surface area contributed by atoms with Gasteiger partial charge in [-0.1, -0.05) is 0 Å². The fraction of sp³-hybridized carbons (Fsp3) is 0.267. The summed E-state index contributed by atoms with van der Waals surface area (Å²) in [6, 6.07) is 7.13. The molecule has 3 rings (SSSR count). The Morgan fingerprint density at radius 3 is 2.79 bits per heavy atom. The average molecular weight is 339 g/mol. The number of Topliss-reactive ketones (excluding diaryl/α,β-unsaturated/α-hetero) is 1. The highest BCUT2D eigenvalue weighted by Crippen LogP contribution is 2.38. The van der Waals surface area contributed by atoms with Gasteiger partial charge in [0, 0.05) is 10.8 Å². The van der Waals surface area contributed by atoms with Gasteiger partial charge in [-0.05, 0) is 71.1 Å². The Morgan fingerprint density at radius 2 is 2.11 bits per heavy atom. The third kappa shape index (κ3) is 2.51. The minimum Gasteiger partial charge on any atom is -0.293 e. The Kier molecular flexibility index (Phi) is 3.31. The Morgan fingerprint density at radius 1 is 1.37 bits per heavy atom. The summed E-state index contributed by atoms with van der Waals surface area (Å²) in [7, 11) is 0. The van der Waals surface area contributed by atoms with E-state index in [4.69, 9.17) is 0 Å². The van der Waals surface area contributed by atoms with Crippen molar-refractivity contribution < 1.29 is 9.18 Å². The van der Waals surface area contributed by atoms with E-state index in [0.29, 0.717) is 4.47 Å². The van der Waals surface area contributed by atoms with Gasteiger partial charge in [0.15, 0.2) is 5.78 Å². The average Bonchev–Trinajstić information content (AvgIpc) is 3.11. The van der Waals surface area contributed by atoms with Crippen LogP contribution in [0.2, 0.25) is 0 Å². The van der Waals surface area contributed by atoms with Crippen LogP contribution in [-0.2, 0) is 0 Å². The maximum atomic E-state index is 13.4. The van der Waals surface area contributed by atoms with Crippen LogP contribution in [0.1, 0.15) is 28.1 Å². The molecule has 0 unspecified atom stereocenters. The zero-order valence-electron chi connectivity index (χ0n) is 10.4. The van der Waals surface area contributed by atoms with Gasteiger partial charge in [0.25, 0.3) is 0 Å². The zero-order chi connectivity index (χ0) is 13.6. The molecule has 1 aromatic carbocycles. The topological polar surface area (TPSA) is 17.1 Å². The molecule has 1 aliphatic rings. The number of ketones is 1. The molecule has 0 bridgehead atoms. The number of aryl methyl sites for hydroxylation is 1. The molecule has 0 aliphatic heterocycles. The van der Waals surface area contributed by atoms with E-state index in [0.717, 1.165) is 33.7 Å². The second-order valence-corrected chi connectivity index (χ2v) is 6.82. The lowest BCUT2D eigenvalue weighted by molar-refractivity contribution is 0.0971. The molecule has 0 amide bonds. The van der Waals surface area contributed by atoms with E-state index in [-0.39, 0.29) is 17.5 Å². The van der Waals surface area contributed by atoms with Crippen molar-refractivity contribution in [1.82, 2.24) is 0 Å². The SMILES string of the molecule is Cc1cc(F)c(Br)cc1-c1ccc(C(=O)C2CC2)s1. The van der Waals surface area contributed by atoms with Crippen molar-refractivity contribution in [3.63, 3.8) is 0 Å². The lowest BCUT2D eigenvalue weighted by atomic mass is 10.1. The fourth-order valence-corrected chi connectivity index (χ4v) is 3.52. The molecule has 0 saturated heterocycles. The van der Waals surface area contributed by atoms with Gasteiger partial charge in [-0.25, -0.2) is 4.39 Å². The third-order valence-electron chi connectivity index (χ3n) is 3.33. The van der Waals surface area contributed by atoms with Crippen LogP contribution in [0.25, 0.3) is 10.4 Å². The molecule has 1 nitrogen and oxygen atoms in total. The molecule has 1 aromatic heterocycles. The summed E-state index contributed by atoms with van der Waals surface area (Å²) in [5.74, 6) is 0.245. The van der Waals surface area contributed by atoms with Crippen molar-refractivity contribution >= 4 is 33.0 Å². The van der Waals surface area contributed by atoms with Crippen molar-refractivity contribution in [2.45, 2.75) is 19.8 Å². The van der Waals surface area contributed by atoms with E-state index < -0.39 is 0 Å². The summed E-state index contributed by atoms with van der Waals surface area (Å²) < 4.78 is 13.9. The number of benzene rings is 1. The van der Waals surface area contributed by atoms with Crippen molar-refractivity contribution in [3.05, 3.63) is 45.0 Å². The normalized spacial score (nSPS) is 14.7. The van der Waals surface area contributed by atoms with Gasteiger partial charge < -0.3 is 0 Å². The molecule has 1 fully saturated rings. The highest BCUT2D eigenvalue weighted by atomic mass is 79.9. The van der Waals surface area contributed by atoms with E-state index in [1.165, 1.54) is 17.4 Å². The van der Waals surface area contributed by atoms with Crippen LogP contribution in [-0.4, -0.2) is 5.78 Å². The molecule has 19 heavy (non-hydrogen) atoms. The quantitative estimate of drug-likeness (QED) is 0.701. The summed E-state index contributed by atoms with van der Waals surface area (Å²) in [5, 5.41) is 0. The molecule has 98 valence electrons. The van der Waals surface area contributed by atoms with Gasteiger partial charge in [-0.15, -0.1) is 11.3 Å². The van der Waals surface area contributed by atoms with E-state index in [9.17, 15) is 9.18 Å². The highest BCUT2D eigenvalue weighted by Gasteiger charge is 2.31. The maximum absolute atomic E-state index is 13.4. The van der Waals surface area contributed by atoms with E-state index in [2.05, 4.69) is 15.9 Å². The summed E-state index contributed by atoms with van der Waals surface area (Å²) in [5.41, 5.74) is 1.86. The number of carbonyl (C=O) groups is 1. The summed E-state index contributed by atoms with van der Waals surface area (Å²) in [6.07, 6.45) is 2.04. The molecular weight excluding hydrogens is 327 g/mol. The molecule has 0 radical (unpaired) electrons. The smallest absolute Gasteiger partial charge is 0.175 e. The highest BCUT2D eigenvalue weighted by molar-refractivity contribution is 9.10. The van der Waals surface area contributed by atoms with Crippen molar-refractivity contribution in [2.24, 2.45) is 5.92 Å². The van der Waals surface area contributed by atoms with Crippen LogP contribution < -0.4 is 0 Å². The third-order valence-corrected chi connectivity index (χ3v) is 5.07. The second-order valence-electron chi connectivity index (χ2n) is 4.88. The maximum Gasteiger partial charge on any atom is 0.175 e. The minimum atomic E-state index is -0.257. The fourth-order valence-electron chi connectivity index (χ4n) is 2.07. The second kappa shape index (κ2) is 4.84. The first-order valence-corrected chi connectivity index (χ1v) is 7.77. The van der Waals surface area contributed by atoms with Gasteiger partial charge in [0.2, 0.25) is 0 Å². The van der Waals surface area contributed by atoms with Crippen LogP contribution in [0.3, 0.4) is 0 Å². The molecule has 1 aliphatic carbocycles. The number of rotatable bonds is 3. The Bertz CT molecular complexity index is 658. The van der Waals surface area contributed by atoms with E-state index in [1.807, 2.05) is 19.1 Å². The molecule has 2 aromatic rings. The number of hydrogen-bond donors (Lipinski definition) is 0. The largest absolute Gasteiger partial charge is 0.293 e. The predicted octanol–water partition coefficient (Wildman–Crippen LogP) is 5.22. The van der Waals surface area contributed by atoms with Crippen molar-refractivity contribution in [2.75, 3.05) is 0 Å². The summed E-state index contributed by atoms with van der Waals surface area (Å²) in [6.45, 7) is 1.88. The zero-order valence-corrected chi connectivity index (χ0v) is 12.8. The first-order chi connectivity index (χ1) is 9.06. The van der Waals surface area contributed by atoms with Gasteiger partial charge in [0.05, 0.1) is 9.35 Å². The number of carbonyl (C=O) groups excluding carboxylic acids is 1. The van der Waals surface area contributed by atoms with Crippen LogP contribution in [0.5, 0.6) is 0 Å². The number of halogens is 2. The Hall–Kier alpha value is -1.00. The van der Waals surface area contributed by atoms with Crippen LogP contribution in [0, 0.1) is 18.7 Å². The molecule has 4 heteroatoms. The van der Waals surface area contributed by atoms with E-state index in [1.54, 1.807) is 6.07 Å². The molecule has 0 atom stereocenters. The lowest BCUT2D eigenvalue weighted by Gasteiger charge is -2.05. The van der Waals surface area contributed by atoms with Gasteiger partial charge in [0.1, 0.15) is 5.82 Å². The molecule has 0 N–H and O–H groups in total. The molecular formula is C15H12BrFOS.